The van der Waals surface area contributed by atoms with Crippen molar-refractivity contribution in [1.82, 2.24) is 15.5 Å². The standard InChI is InChI=1S/C10H15N3O4/c1-3-7(10(15)16)12-8(14)4-5-9-11-6(2)13-17-9/h7H,3-5H2,1-2H3,(H,12,14)(H,15,16)/t7-/m1/s1. The fraction of sp³-hybridized carbons (Fsp3) is 0.600. The van der Waals surface area contributed by atoms with Gasteiger partial charge in [-0.2, -0.15) is 4.98 Å². The summed E-state index contributed by atoms with van der Waals surface area (Å²) in [6.07, 6.45) is 0.787. The van der Waals surface area contributed by atoms with Crippen molar-refractivity contribution in [2.75, 3.05) is 0 Å². The Morgan fingerprint density at radius 1 is 1.53 bits per heavy atom. The molecule has 0 aliphatic heterocycles. The lowest BCUT2D eigenvalue weighted by Gasteiger charge is -2.11. The summed E-state index contributed by atoms with van der Waals surface area (Å²) in [6.45, 7) is 3.38. The molecule has 94 valence electrons. The third-order valence-corrected chi connectivity index (χ3v) is 2.18. The predicted molar refractivity (Wildman–Crippen MR) is 57.2 cm³/mol. The normalized spacial score (nSPS) is 12.1. The van der Waals surface area contributed by atoms with Gasteiger partial charge in [-0.15, -0.1) is 0 Å². The Kier molecular flexibility index (Phi) is 4.62. The minimum absolute atomic E-state index is 0.130. The van der Waals surface area contributed by atoms with Gasteiger partial charge in [0.25, 0.3) is 0 Å². The van der Waals surface area contributed by atoms with Crippen LogP contribution >= 0.6 is 0 Å². The summed E-state index contributed by atoms with van der Waals surface area (Å²) in [6, 6.07) is -0.841. The van der Waals surface area contributed by atoms with E-state index in [1.165, 1.54) is 0 Å². The van der Waals surface area contributed by atoms with Crippen LogP contribution in [-0.2, 0) is 16.0 Å². The molecule has 0 aromatic carbocycles. The van der Waals surface area contributed by atoms with Crippen molar-refractivity contribution in [3.63, 3.8) is 0 Å². The van der Waals surface area contributed by atoms with Gasteiger partial charge >= 0.3 is 5.97 Å². The fourth-order valence-corrected chi connectivity index (χ4v) is 1.27. The molecule has 0 saturated heterocycles. The summed E-state index contributed by atoms with van der Waals surface area (Å²) in [4.78, 5) is 26.1. The number of amides is 1. The zero-order valence-corrected chi connectivity index (χ0v) is 9.77. The summed E-state index contributed by atoms with van der Waals surface area (Å²) >= 11 is 0. The van der Waals surface area contributed by atoms with Crippen LogP contribution in [0, 0.1) is 6.92 Å². The van der Waals surface area contributed by atoms with Crippen molar-refractivity contribution in [3.05, 3.63) is 11.7 Å². The van der Waals surface area contributed by atoms with Crippen molar-refractivity contribution < 1.29 is 19.2 Å². The first-order chi connectivity index (χ1) is 8.02. The number of rotatable bonds is 6. The first-order valence-electron chi connectivity index (χ1n) is 5.34. The number of aliphatic carboxylic acids is 1. The molecule has 0 aliphatic carbocycles. The maximum Gasteiger partial charge on any atom is 0.326 e. The number of hydrogen-bond acceptors (Lipinski definition) is 5. The number of carboxylic acid groups (broad SMARTS) is 1. The lowest BCUT2D eigenvalue weighted by Crippen LogP contribution is -2.40. The topological polar surface area (TPSA) is 105 Å². The molecule has 0 fully saturated rings. The lowest BCUT2D eigenvalue weighted by atomic mass is 10.2. The third-order valence-electron chi connectivity index (χ3n) is 2.18. The number of carbonyl (C=O) groups is 2. The van der Waals surface area contributed by atoms with Crippen molar-refractivity contribution in [2.24, 2.45) is 0 Å². The van der Waals surface area contributed by atoms with Gasteiger partial charge < -0.3 is 14.9 Å². The zero-order chi connectivity index (χ0) is 12.8. The SMILES string of the molecule is CC[C@@H](NC(=O)CCc1nc(C)no1)C(=O)O. The van der Waals surface area contributed by atoms with Crippen LogP contribution < -0.4 is 5.32 Å². The molecule has 0 radical (unpaired) electrons. The summed E-state index contributed by atoms with van der Waals surface area (Å²) in [5.74, 6) is -0.483. The Balaban J connectivity index is 2.37. The van der Waals surface area contributed by atoms with Crippen molar-refractivity contribution in [3.8, 4) is 0 Å². The van der Waals surface area contributed by atoms with Gasteiger partial charge in [0.15, 0.2) is 5.82 Å². The molecular weight excluding hydrogens is 226 g/mol. The van der Waals surface area contributed by atoms with E-state index < -0.39 is 12.0 Å². The molecular formula is C10H15N3O4. The van der Waals surface area contributed by atoms with Crippen LogP contribution in [0.3, 0.4) is 0 Å². The highest BCUT2D eigenvalue weighted by Crippen LogP contribution is 2.00. The highest BCUT2D eigenvalue weighted by molar-refractivity contribution is 5.83. The monoisotopic (exact) mass is 241 g/mol. The van der Waals surface area contributed by atoms with Gasteiger partial charge in [-0.25, -0.2) is 4.79 Å². The quantitative estimate of drug-likeness (QED) is 0.741. The molecule has 17 heavy (non-hydrogen) atoms. The molecule has 0 bridgehead atoms. The molecule has 0 aliphatic rings. The second-order valence-electron chi connectivity index (χ2n) is 3.60. The van der Waals surface area contributed by atoms with Crippen LogP contribution in [0.4, 0.5) is 0 Å². The zero-order valence-electron chi connectivity index (χ0n) is 9.77. The van der Waals surface area contributed by atoms with E-state index in [0.717, 1.165) is 0 Å². The molecule has 7 heteroatoms. The van der Waals surface area contributed by atoms with Crippen LogP contribution in [-0.4, -0.2) is 33.2 Å². The lowest BCUT2D eigenvalue weighted by molar-refractivity contribution is -0.141. The maximum absolute atomic E-state index is 11.4. The molecule has 2 N–H and O–H groups in total. The van der Waals surface area contributed by atoms with Gasteiger partial charge in [0, 0.05) is 12.8 Å². The Labute approximate surface area is 98.2 Å². The Hall–Kier alpha value is -1.92. The number of nitrogens with zero attached hydrogens (tertiary/aromatic N) is 2. The average Bonchev–Trinajstić information content (AvgIpc) is 2.68. The van der Waals surface area contributed by atoms with E-state index in [2.05, 4.69) is 15.5 Å². The smallest absolute Gasteiger partial charge is 0.326 e. The minimum Gasteiger partial charge on any atom is -0.480 e. The fourth-order valence-electron chi connectivity index (χ4n) is 1.27. The minimum atomic E-state index is -1.03. The molecule has 1 amide bonds. The number of aryl methyl sites for hydroxylation is 2. The second kappa shape index (κ2) is 5.97. The van der Waals surface area contributed by atoms with Crippen molar-refractivity contribution in [1.29, 1.82) is 0 Å². The van der Waals surface area contributed by atoms with Crippen molar-refractivity contribution in [2.45, 2.75) is 39.2 Å². The van der Waals surface area contributed by atoms with Crippen molar-refractivity contribution >= 4 is 11.9 Å². The number of hydrogen-bond donors (Lipinski definition) is 2. The van der Waals surface area contributed by atoms with E-state index in [4.69, 9.17) is 9.63 Å². The Morgan fingerprint density at radius 2 is 2.24 bits per heavy atom. The van der Waals surface area contributed by atoms with Crippen LogP contribution in [0.2, 0.25) is 0 Å². The molecule has 1 aromatic rings. The van der Waals surface area contributed by atoms with E-state index >= 15 is 0 Å². The van der Waals surface area contributed by atoms with E-state index in [9.17, 15) is 9.59 Å². The highest BCUT2D eigenvalue weighted by atomic mass is 16.5. The van der Waals surface area contributed by atoms with Gasteiger partial charge in [-0.05, 0) is 13.3 Å². The molecule has 7 nitrogen and oxygen atoms in total. The van der Waals surface area contributed by atoms with E-state index in [1.807, 2.05) is 0 Å². The van der Waals surface area contributed by atoms with Crippen LogP contribution in [0.1, 0.15) is 31.5 Å². The number of aromatic nitrogens is 2. The van der Waals surface area contributed by atoms with Crippen LogP contribution in [0.5, 0.6) is 0 Å². The van der Waals surface area contributed by atoms with E-state index in [0.29, 0.717) is 24.6 Å². The number of nitrogens with one attached hydrogen (secondary N) is 1. The Bertz CT molecular complexity index is 402. The molecule has 1 heterocycles. The summed E-state index contributed by atoms with van der Waals surface area (Å²) in [5.41, 5.74) is 0. The van der Waals surface area contributed by atoms with Gasteiger partial charge in [0.2, 0.25) is 11.8 Å². The Morgan fingerprint density at radius 3 is 2.71 bits per heavy atom. The molecule has 0 unspecified atom stereocenters. The van der Waals surface area contributed by atoms with Gasteiger partial charge in [-0.3, -0.25) is 4.79 Å². The molecule has 1 atom stereocenters. The molecule has 1 rings (SSSR count). The van der Waals surface area contributed by atoms with E-state index in [1.54, 1.807) is 13.8 Å². The maximum atomic E-state index is 11.4. The predicted octanol–water partition coefficient (Wildman–Crippen LogP) is 0.290. The third kappa shape index (κ3) is 4.21. The van der Waals surface area contributed by atoms with Crippen LogP contribution in [0.15, 0.2) is 4.52 Å². The molecule has 0 spiro atoms. The number of carbonyl (C=O) groups excluding carboxylic acids is 1. The van der Waals surface area contributed by atoms with Crippen LogP contribution in [0.25, 0.3) is 0 Å². The summed E-state index contributed by atoms with van der Waals surface area (Å²) in [7, 11) is 0. The summed E-state index contributed by atoms with van der Waals surface area (Å²) < 4.78 is 4.84. The largest absolute Gasteiger partial charge is 0.480 e. The average molecular weight is 241 g/mol. The molecule has 0 saturated carbocycles. The van der Waals surface area contributed by atoms with Gasteiger partial charge in [0.05, 0.1) is 0 Å². The van der Waals surface area contributed by atoms with E-state index in [-0.39, 0.29) is 12.3 Å². The van der Waals surface area contributed by atoms with Gasteiger partial charge in [0.1, 0.15) is 6.04 Å². The summed E-state index contributed by atoms with van der Waals surface area (Å²) in [5, 5.41) is 14.8. The second-order valence-corrected chi connectivity index (χ2v) is 3.60. The number of carboxylic acids is 1. The first-order valence-corrected chi connectivity index (χ1v) is 5.34. The highest BCUT2D eigenvalue weighted by Gasteiger charge is 2.17. The molecule has 1 aromatic heterocycles. The first kappa shape index (κ1) is 13.1. The van der Waals surface area contributed by atoms with Gasteiger partial charge in [-0.1, -0.05) is 12.1 Å².